The van der Waals surface area contributed by atoms with Gasteiger partial charge < -0.3 is 10.5 Å². The van der Waals surface area contributed by atoms with Crippen molar-refractivity contribution in [1.29, 1.82) is 0 Å². The van der Waals surface area contributed by atoms with Crippen LogP contribution in [0, 0.1) is 10.7 Å². The lowest BCUT2D eigenvalue weighted by molar-refractivity contribution is 0.0732. The van der Waals surface area contributed by atoms with Crippen molar-refractivity contribution in [3.8, 4) is 5.75 Å². The molecule has 0 aliphatic rings. The Hall–Kier alpha value is -0.1000. The second kappa shape index (κ2) is 6.57. The molecule has 0 radical (unpaired) electrons. The molecule has 0 saturated heterocycles. The molecule has 0 aliphatic heterocycles. The largest absolute Gasteiger partial charge is 0.423 e. The van der Waals surface area contributed by atoms with Gasteiger partial charge in [0, 0.05) is 22.5 Å². The molecular weight excluding hydrogens is 583 g/mol. The molecular formula is C13H8I3NO2. The number of nitrogen functional groups attached to an aromatic ring is 1. The quantitative estimate of drug-likeness (QED) is 0.187. The Morgan fingerprint density at radius 1 is 1.05 bits per heavy atom. The highest BCUT2D eigenvalue weighted by Gasteiger charge is 2.18. The lowest BCUT2D eigenvalue weighted by Gasteiger charge is -2.09. The standard InChI is InChI=1S/C13H8I3NO2/c14-9-4-5-10(15)12(16)11(9)13(18)19-8-3-1-2-7(17)6-8/h1-6H,17H2. The Morgan fingerprint density at radius 2 is 1.74 bits per heavy atom. The highest BCUT2D eigenvalue weighted by molar-refractivity contribution is 14.1. The minimum atomic E-state index is -0.363. The predicted molar refractivity (Wildman–Crippen MR) is 100 cm³/mol. The van der Waals surface area contributed by atoms with Crippen molar-refractivity contribution in [2.45, 2.75) is 0 Å². The van der Waals surface area contributed by atoms with Gasteiger partial charge in [-0.15, -0.1) is 0 Å². The molecule has 0 bridgehead atoms. The van der Waals surface area contributed by atoms with Gasteiger partial charge in [-0.25, -0.2) is 4.79 Å². The Kier molecular flexibility index (Phi) is 5.29. The van der Waals surface area contributed by atoms with Crippen LogP contribution in [-0.4, -0.2) is 5.97 Å². The van der Waals surface area contributed by atoms with Crippen LogP contribution < -0.4 is 10.5 Å². The van der Waals surface area contributed by atoms with Crippen LogP contribution in [0.4, 0.5) is 5.69 Å². The number of anilines is 1. The number of esters is 1. The summed E-state index contributed by atoms with van der Waals surface area (Å²) in [6.07, 6.45) is 0. The highest BCUT2D eigenvalue weighted by atomic mass is 127. The number of rotatable bonds is 2. The number of carbonyl (C=O) groups is 1. The summed E-state index contributed by atoms with van der Waals surface area (Å²) in [6.45, 7) is 0. The topological polar surface area (TPSA) is 52.3 Å². The Balaban J connectivity index is 2.33. The number of halogens is 3. The lowest BCUT2D eigenvalue weighted by atomic mass is 10.2. The minimum Gasteiger partial charge on any atom is -0.423 e. The van der Waals surface area contributed by atoms with E-state index in [1.165, 1.54) is 0 Å². The van der Waals surface area contributed by atoms with E-state index in [-0.39, 0.29) is 5.97 Å². The van der Waals surface area contributed by atoms with Gasteiger partial charge in [-0.2, -0.15) is 0 Å². The number of nitrogens with two attached hydrogens (primary N) is 1. The first-order chi connectivity index (χ1) is 8.99. The summed E-state index contributed by atoms with van der Waals surface area (Å²) in [7, 11) is 0. The number of ether oxygens (including phenoxy) is 1. The van der Waals surface area contributed by atoms with E-state index >= 15 is 0 Å². The van der Waals surface area contributed by atoms with Crippen molar-refractivity contribution >= 4 is 79.4 Å². The summed E-state index contributed by atoms with van der Waals surface area (Å²) in [4.78, 5) is 12.2. The Morgan fingerprint density at radius 3 is 2.42 bits per heavy atom. The maximum atomic E-state index is 12.2. The van der Waals surface area contributed by atoms with E-state index in [2.05, 4.69) is 67.8 Å². The van der Waals surface area contributed by atoms with E-state index < -0.39 is 0 Å². The Bertz CT molecular complexity index is 644. The van der Waals surface area contributed by atoms with Gasteiger partial charge in [0.1, 0.15) is 5.75 Å². The number of benzene rings is 2. The summed E-state index contributed by atoms with van der Waals surface area (Å²) in [5.41, 5.74) is 6.82. The van der Waals surface area contributed by atoms with Crippen molar-refractivity contribution in [1.82, 2.24) is 0 Å². The summed E-state index contributed by atoms with van der Waals surface area (Å²) >= 11 is 6.49. The van der Waals surface area contributed by atoms with Crippen LogP contribution in [0.25, 0.3) is 0 Å². The monoisotopic (exact) mass is 591 g/mol. The third-order valence-electron chi connectivity index (χ3n) is 2.32. The smallest absolute Gasteiger partial charge is 0.345 e. The fourth-order valence-corrected chi connectivity index (χ4v) is 3.78. The molecule has 0 spiro atoms. The van der Waals surface area contributed by atoms with E-state index in [1.54, 1.807) is 24.3 Å². The summed E-state index contributed by atoms with van der Waals surface area (Å²) < 4.78 is 8.17. The van der Waals surface area contributed by atoms with Crippen LogP contribution in [0.1, 0.15) is 10.4 Å². The summed E-state index contributed by atoms with van der Waals surface area (Å²) in [5, 5.41) is 0. The van der Waals surface area contributed by atoms with Crippen LogP contribution in [-0.2, 0) is 0 Å². The molecule has 0 heterocycles. The number of hydrogen-bond donors (Lipinski definition) is 1. The zero-order valence-corrected chi connectivity index (χ0v) is 16.0. The van der Waals surface area contributed by atoms with E-state index in [9.17, 15) is 4.79 Å². The predicted octanol–water partition coefficient (Wildman–Crippen LogP) is 4.30. The van der Waals surface area contributed by atoms with E-state index in [4.69, 9.17) is 10.5 Å². The molecule has 2 aromatic rings. The minimum absolute atomic E-state index is 0.363. The second-order valence-electron chi connectivity index (χ2n) is 3.68. The lowest BCUT2D eigenvalue weighted by Crippen LogP contribution is -2.13. The van der Waals surface area contributed by atoms with Crippen LogP contribution >= 0.6 is 67.8 Å². The Labute approximate surface area is 151 Å². The molecule has 0 saturated carbocycles. The molecule has 0 unspecified atom stereocenters. The van der Waals surface area contributed by atoms with Crippen LogP contribution in [0.15, 0.2) is 36.4 Å². The third-order valence-corrected chi connectivity index (χ3v) is 6.27. The zero-order chi connectivity index (χ0) is 14.0. The van der Waals surface area contributed by atoms with E-state index in [1.807, 2.05) is 12.1 Å². The molecule has 6 heteroatoms. The van der Waals surface area contributed by atoms with E-state index in [0.29, 0.717) is 17.0 Å². The van der Waals surface area contributed by atoms with Gasteiger partial charge in [0.2, 0.25) is 0 Å². The molecule has 2 rings (SSSR count). The fourth-order valence-electron chi connectivity index (χ4n) is 1.45. The van der Waals surface area contributed by atoms with Gasteiger partial charge >= 0.3 is 5.97 Å². The first kappa shape index (κ1) is 15.3. The molecule has 0 aromatic heterocycles. The van der Waals surface area contributed by atoms with Gasteiger partial charge in [0.15, 0.2) is 0 Å². The highest BCUT2D eigenvalue weighted by Crippen LogP contribution is 2.26. The van der Waals surface area contributed by atoms with Crippen LogP contribution in [0.3, 0.4) is 0 Å². The fraction of sp³-hybridized carbons (Fsp3) is 0. The maximum Gasteiger partial charge on any atom is 0.345 e. The average Bonchev–Trinajstić information content (AvgIpc) is 2.34. The van der Waals surface area contributed by atoms with Gasteiger partial charge in [-0.05, 0) is 92.0 Å². The van der Waals surface area contributed by atoms with Crippen molar-refractivity contribution < 1.29 is 9.53 Å². The zero-order valence-electron chi connectivity index (χ0n) is 9.49. The van der Waals surface area contributed by atoms with Crippen molar-refractivity contribution in [3.05, 3.63) is 52.7 Å². The SMILES string of the molecule is Nc1cccc(OC(=O)c2c(I)ccc(I)c2I)c1. The molecule has 2 aromatic carbocycles. The summed E-state index contributed by atoms with van der Waals surface area (Å²) in [5.74, 6) is 0.0911. The molecule has 0 amide bonds. The van der Waals surface area contributed by atoms with E-state index in [0.717, 1.165) is 10.7 Å². The molecule has 0 fully saturated rings. The second-order valence-corrected chi connectivity index (χ2v) is 7.08. The first-order valence-corrected chi connectivity index (χ1v) is 8.44. The molecule has 19 heavy (non-hydrogen) atoms. The van der Waals surface area contributed by atoms with Crippen molar-refractivity contribution in [2.24, 2.45) is 0 Å². The van der Waals surface area contributed by atoms with Gasteiger partial charge in [-0.1, -0.05) is 6.07 Å². The molecule has 2 N–H and O–H groups in total. The van der Waals surface area contributed by atoms with Gasteiger partial charge in [0.25, 0.3) is 0 Å². The molecule has 0 aliphatic carbocycles. The van der Waals surface area contributed by atoms with Gasteiger partial charge in [0.05, 0.1) is 5.56 Å². The average molecular weight is 591 g/mol. The number of hydrogen-bond acceptors (Lipinski definition) is 3. The van der Waals surface area contributed by atoms with Crippen molar-refractivity contribution in [2.75, 3.05) is 5.73 Å². The molecule has 0 atom stereocenters. The van der Waals surface area contributed by atoms with Crippen LogP contribution in [0.2, 0.25) is 0 Å². The first-order valence-electron chi connectivity index (χ1n) is 5.20. The van der Waals surface area contributed by atoms with Gasteiger partial charge in [-0.3, -0.25) is 0 Å². The van der Waals surface area contributed by atoms with Crippen LogP contribution in [0.5, 0.6) is 5.75 Å². The third kappa shape index (κ3) is 3.72. The van der Waals surface area contributed by atoms with Crippen molar-refractivity contribution in [3.63, 3.8) is 0 Å². The maximum absolute atomic E-state index is 12.2. The molecule has 98 valence electrons. The normalized spacial score (nSPS) is 10.3. The number of carbonyl (C=O) groups excluding carboxylic acids is 1. The molecule has 3 nitrogen and oxygen atoms in total. The summed E-state index contributed by atoms with van der Waals surface area (Å²) in [6, 6.07) is 10.7.